The number of amides is 1. The van der Waals surface area contributed by atoms with Gasteiger partial charge in [-0.2, -0.15) is 5.10 Å². The molecular weight excluding hydrogens is 268 g/mol. The van der Waals surface area contributed by atoms with Crippen LogP contribution < -0.4 is 10.2 Å². The summed E-state index contributed by atoms with van der Waals surface area (Å²) < 4.78 is 10.3. The molecule has 0 aliphatic carbocycles. The lowest BCUT2D eigenvalue weighted by Gasteiger charge is -2.08. The smallest absolute Gasteiger partial charge is 0.277 e. The molecule has 0 bridgehead atoms. The Bertz CT molecular complexity index is 586. The minimum Gasteiger partial charge on any atom is -0.484 e. The molecule has 2 rings (SSSR count). The van der Waals surface area contributed by atoms with Crippen LogP contribution >= 0.6 is 0 Å². The molecule has 0 spiro atoms. The van der Waals surface area contributed by atoms with Crippen molar-refractivity contribution in [2.24, 2.45) is 5.10 Å². The maximum absolute atomic E-state index is 11.5. The van der Waals surface area contributed by atoms with Gasteiger partial charge in [-0.15, -0.1) is 0 Å². The molecule has 5 heteroatoms. The number of carbonyl (C=O) groups excluding carboxylic acids is 1. The summed E-state index contributed by atoms with van der Waals surface area (Å²) in [6, 6.07) is 9.45. The number of nitrogens with zero attached hydrogens (tertiary/aromatic N) is 1. The lowest BCUT2D eigenvalue weighted by Crippen LogP contribution is -2.24. The summed E-state index contributed by atoms with van der Waals surface area (Å²) in [6.07, 6.45) is 4.56. The van der Waals surface area contributed by atoms with Crippen molar-refractivity contribution in [1.82, 2.24) is 5.43 Å². The second kappa shape index (κ2) is 7.28. The van der Waals surface area contributed by atoms with E-state index in [-0.39, 0.29) is 12.5 Å². The molecule has 0 aliphatic rings. The highest BCUT2D eigenvalue weighted by Gasteiger charge is 2.03. The molecule has 110 valence electrons. The molecule has 0 aliphatic heterocycles. The summed E-state index contributed by atoms with van der Waals surface area (Å²) in [5.41, 5.74) is 4.40. The van der Waals surface area contributed by atoms with Crippen molar-refractivity contribution in [2.75, 3.05) is 6.61 Å². The first-order chi connectivity index (χ1) is 10.1. The van der Waals surface area contributed by atoms with Gasteiger partial charge in [-0.1, -0.05) is 26.0 Å². The number of ether oxygens (including phenoxy) is 1. The lowest BCUT2D eigenvalue weighted by atomic mass is 10.0. The van der Waals surface area contributed by atoms with Crippen molar-refractivity contribution in [1.29, 1.82) is 0 Å². The molecule has 2 aromatic rings. The maximum Gasteiger partial charge on any atom is 0.277 e. The summed E-state index contributed by atoms with van der Waals surface area (Å²) in [4.78, 5) is 11.5. The van der Waals surface area contributed by atoms with Crippen molar-refractivity contribution in [3.8, 4) is 5.75 Å². The van der Waals surface area contributed by atoms with Gasteiger partial charge in [-0.3, -0.25) is 4.79 Å². The molecule has 1 N–H and O–H groups in total. The van der Waals surface area contributed by atoms with Crippen molar-refractivity contribution >= 4 is 12.1 Å². The Morgan fingerprint density at radius 3 is 2.71 bits per heavy atom. The molecule has 0 saturated heterocycles. The highest BCUT2D eigenvalue weighted by atomic mass is 16.5. The first-order valence-corrected chi connectivity index (χ1v) is 6.72. The van der Waals surface area contributed by atoms with Gasteiger partial charge in [0.25, 0.3) is 5.91 Å². The van der Waals surface area contributed by atoms with Crippen LogP contribution in [0.2, 0.25) is 0 Å². The van der Waals surface area contributed by atoms with E-state index in [9.17, 15) is 4.79 Å². The zero-order valence-electron chi connectivity index (χ0n) is 12.1. The van der Waals surface area contributed by atoms with Crippen LogP contribution in [0.3, 0.4) is 0 Å². The van der Waals surface area contributed by atoms with E-state index in [1.54, 1.807) is 6.07 Å². The molecule has 0 radical (unpaired) electrons. The van der Waals surface area contributed by atoms with E-state index in [0.717, 1.165) is 5.56 Å². The van der Waals surface area contributed by atoms with Gasteiger partial charge in [0.05, 0.1) is 18.7 Å². The molecule has 0 fully saturated rings. The van der Waals surface area contributed by atoms with Gasteiger partial charge in [0.1, 0.15) is 5.75 Å². The molecular formula is C16H18N2O3. The quantitative estimate of drug-likeness (QED) is 0.656. The van der Waals surface area contributed by atoms with Gasteiger partial charge in [0.15, 0.2) is 6.61 Å². The summed E-state index contributed by atoms with van der Waals surface area (Å²) in [5.74, 6) is 0.815. The average molecular weight is 286 g/mol. The summed E-state index contributed by atoms with van der Waals surface area (Å²) in [7, 11) is 0. The number of benzene rings is 1. The minimum absolute atomic E-state index is 0.0796. The normalized spacial score (nSPS) is 11.0. The first-order valence-electron chi connectivity index (χ1n) is 6.72. The molecule has 21 heavy (non-hydrogen) atoms. The van der Waals surface area contributed by atoms with Gasteiger partial charge in [0, 0.05) is 5.56 Å². The Morgan fingerprint density at radius 1 is 1.33 bits per heavy atom. The number of rotatable bonds is 6. The van der Waals surface area contributed by atoms with Gasteiger partial charge < -0.3 is 9.15 Å². The zero-order valence-corrected chi connectivity index (χ0v) is 12.1. The number of hydrazone groups is 1. The average Bonchev–Trinajstić information content (AvgIpc) is 2.99. The van der Waals surface area contributed by atoms with Crippen LogP contribution in [0.4, 0.5) is 0 Å². The SMILES string of the molecule is CC(C)c1ccc(OCC(=O)NN=Cc2ccoc2)cc1. The van der Waals surface area contributed by atoms with Crippen LogP contribution in [0.5, 0.6) is 5.75 Å². The van der Waals surface area contributed by atoms with E-state index < -0.39 is 0 Å². The fraction of sp³-hybridized carbons (Fsp3) is 0.250. The van der Waals surface area contributed by atoms with Crippen molar-refractivity contribution in [2.45, 2.75) is 19.8 Å². The molecule has 0 atom stereocenters. The summed E-state index contributed by atoms with van der Waals surface area (Å²) >= 11 is 0. The summed E-state index contributed by atoms with van der Waals surface area (Å²) in [6.45, 7) is 4.17. The zero-order chi connectivity index (χ0) is 15.1. The number of hydrogen-bond acceptors (Lipinski definition) is 4. The van der Waals surface area contributed by atoms with Crippen LogP contribution in [0.1, 0.15) is 30.9 Å². The van der Waals surface area contributed by atoms with E-state index in [1.165, 1.54) is 24.3 Å². The number of carbonyl (C=O) groups is 1. The van der Waals surface area contributed by atoms with Gasteiger partial charge in [0.2, 0.25) is 0 Å². The Hall–Kier alpha value is -2.56. The van der Waals surface area contributed by atoms with Crippen LogP contribution in [-0.4, -0.2) is 18.7 Å². The predicted octanol–water partition coefficient (Wildman–Crippen LogP) is 2.93. The molecule has 0 saturated carbocycles. The van der Waals surface area contributed by atoms with Crippen molar-refractivity contribution in [3.05, 3.63) is 54.0 Å². The van der Waals surface area contributed by atoms with Crippen molar-refractivity contribution < 1.29 is 13.9 Å². The molecule has 1 heterocycles. The molecule has 1 aromatic carbocycles. The lowest BCUT2D eigenvalue weighted by molar-refractivity contribution is -0.123. The highest BCUT2D eigenvalue weighted by molar-refractivity contribution is 5.82. The molecule has 1 amide bonds. The monoisotopic (exact) mass is 286 g/mol. The third-order valence-electron chi connectivity index (χ3n) is 2.86. The molecule has 1 aromatic heterocycles. The Morgan fingerprint density at radius 2 is 2.10 bits per heavy atom. The van der Waals surface area contributed by atoms with E-state index in [0.29, 0.717) is 11.7 Å². The van der Waals surface area contributed by atoms with Crippen molar-refractivity contribution in [3.63, 3.8) is 0 Å². The number of hydrogen-bond donors (Lipinski definition) is 1. The largest absolute Gasteiger partial charge is 0.484 e. The Balaban J connectivity index is 1.76. The van der Waals surface area contributed by atoms with Crippen LogP contribution in [0.15, 0.2) is 52.4 Å². The fourth-order valence-corrected chi connectivity index (χ4v) is 1.66. The second-order valence-corrected chi connectivity index (χ2v) is 4.86. The van der Waals surface area contributed by atoms with E-state index in [1.807, 2.05) is 24.3 Å². The van der Waals surface area contributed by atoms with Gasteiger partial charge in [-0.25, -0.2) is 5.43 Å². The van der Waals surface area contributed by atoms with Crippen LogP contribution in [0, 0.1) is 0 Å². The fourth-order valence-electron chi connectivity index (χ4n) is 1.66. The van der Waals surface area contributed by atoms with Gasteiger partial charge >= 0.3 is 0 Å². The van der Waals surface area contributed by atoms with E-state index in [2.05, 4.69) is 24.4 Å². The van der Waals surface area contributed by atoms with Gasteiger partial charge in [-0.05, 0) is 29.7 Å². The topological polar surface area (TPSA) is 63.8 Å². The third-order valence-corrected chi connectivity index (χ3v) is 2.86. The second-order valence-electron chi connectivity index (χ2n) is 4.86. The summed E-state index contributed by atoms with van der Waals surface area (Å²) in [5, 5.41) is 3.80. The highest BCUT2D eigenvalue weighted by Crippen LogP contribution is 2.18. The van der Waals surface area contributed by atoms with Crippen LogP contribution in [-0.2, 0) is 4.79 Å². The number of nitrogens with one attached hydrogen (secondary N) is 1. The standard InChI is InChI=1S/C16H18N2O3/c1-12(2)14-3-5-15(6-4-14)21-11-16(19)18-17-9-13-7-8-20-10-13/h3-10,12H,11H2,1-2H3,(H,18,19). The molecule has 0 unspecified atom stereocenters. The van der Waals surface area contributed by atoms with E-state index in [4.69, 9.17) is 9.15 Å². The maximum atomic E-state index is 11.5. The Kier molecular flexibility index (Phi) is 5.15. The minimum atomic E-state index is -0.317. The van der Waals surface area contributed by atoms with E-state index >= 15 is 0 Å². The third kappa shape index (κ3) is 4.80. The first kappa shape index (κ1) is 14.8. The van der Waals surface area contributed by atoms with Crippen LogP contribution in [0.25, 0.3) is 0 Å². The number of furan rings is 1. The molecule has 5 nitrogen and oxygen atoms in total. The predicted molar refractivity (Wildman–Crippen MR) is 80.5 cm³/mol. The Labute approximate surface area is 123 Å².